The Balaban J connectivity index is 1.81. The molecule has 11 heteroatoms. The Morgan fingerprint density at radius 2 is 1.87 bits per heavy atom. The molecule has 0 saturated heterocycles. The number of nitrogens with zero attached hydrogens (tertiary/aromatic N) is 6. The molecule has 3 heterocycles. The summed E-state index contributed by atoms with van der Waals surface area (Å²) in [5, 5.41) is 13.1. The van der Waals surface area contributed by atoms with E-state index < -0.39 is 17.4 Å². The molecule has 3 aromatic heterocycles. The Kier molecular flexibility index (Phi) is 9.14. The largest absolute Gasteiger partial charge is 0.392 e. The normalized spacial score (nSPS) is 12.3. The van der Waals surface area contributed by atoms with E-state index in [1.165, 1.54) is 15.2 Å². The second kappa shape index (κ2) is 12.7. The number of aromatic nitrogens is 6. The van der Waals surface area contributed by atoms with Crippen LogP contribution in [-0.4, -0.2) is 53.0 Å². The summed E-state index contributed by atoms with van der Waals surface area (Å²) in [6, 6.07) is 6.46. The average molecular weight is 524 g/mol. The van der Waals surface area contributed by atoms with Gasteiger partial charge in [0.2, 0.25) is 0 Å². The van der Waals surface area contributed by atoms with Crippen LogP contribution in [-0.2, 0) is 32.5 Å². The molecule has 2 N–H and O–H groups in total. The first-order chi connectivity index (χ1) is 18.4. The molecule has 0 bridgehead atoms. The number of nitrogens with one attached hydrogen (secondary N) is 1. The highest BCUT2D eigenvalue weighted by molar-refractivity contribution is 5.71. The molecule has 0 aliphatic heterocycles. The lowest BCUT2D eigenvalue weighted by Crippen LogP contribution is -2.41. The van der Waals surface area contributed by atoms with Crippen LogP contribution < -0.4 is 16.6 Å². The molecule has 0 saturated carbocycles. The smallest absolute Gasteiger partial charge is 0.332 e. The van der Waals surface area contributed by atoms with Crippen LogP contribution in [0.25, 0.3) is 11.2 Å². The predicted octanol–water partition coefficient (Wildman–Crippen LogP) is 1.89. The highest BCUT2D eigenvalue weighted by atomic mass is 19.1. The van der Waals surface area contributed by atoms with Gasteiger partial charge in [0.25, 0.3) is 5.56 Å². The molecular weight excluding hydrogens is 489 g/mol. The van der Waals surface area contributed by atoms with Crippen LogP contribution >= 0.6 is 0 Å². The fourth-order valence-corrected chi connectivity index (χ4v) is 4.45. The van der Waals surface area contributed by atoms with Gasteiger partial charge in [-0.25, -0.2) is 14.2 Å². The van der Waals surface area contributed by atoms with Crippen molar-refractivity contribution in [1.82, 2.24) is 34.0 Å². The standard InChI is InChI=1S/C27H34FN7O3/c1-3-13-35-26(37)24-25(34(27(35)38)14-9-19-7-5-6-8-22(19)28)32-23(16-20-17-29-10-11-31-20)33(24)15-12-30-18-21(36)4-2/h5-8,10-11,17,21,30,36H,3-4,9,12-16,18H2,1-2H3. The van der Waals surface area contributed by atoms with Gasteiger partial charge in [0.15, 0.2) is 11.2 Å². The molecule has 0 amide bonds. The van der Waals surface area contributed by atoms with E-state index in [0.717, 1.165) is 0 Å². The lowest BCUT2D eigenvalue weighted by molar-refractivity contribution is 0.167. The minimum Gasteiger partial charge on any atom is -0.392 e. The van der Waals surface area contributed by atoms with Gasteiger partial charge in [-0.15, -0.1) is 0 Å². The number of hydrogen-bond donors (Lipinski definition) is 2. The second-order valence-corrected chi connectivity index (χ2v) is 9.22. The van der Waals surface area contributed by atoms with Crippen LogP contribution in [0.2, 0.25) is 0 Å². The molecular formula is C27H34FN7O3. The monoisotopic (exact) mass is 523 g/mol. The van der Waals surface area contributed by atoms with Gasteiger partial charge in [0.05, 0.1) is 11.8 Å². The van der Waals surface area contributed by atoms with Crippen molar-refractivity contribution in [1.29, 1.82) is 0 Å². The number of hydrogen-bond acceptors (Lipinski definition) is 7. The highest BCUT2D eigenvalue weighted by Gasteiger charge is 2.22. The topological polar surface area (TPSA) is 120 Å². The van der Waals surface area contributed by atoms with Gasteiger partial charge in [0, 0.05) is 57.7 Å². The van der Waals surface area contributed by atoms with Crippen molar-refractivity contribution in [2.45, 2.75) is 65.3 Å². The molecule has 0 aliphatic carbocycles. The molecule has 10 nitrogen and oxygen atoms in total. The Morgan fingerprint density at radius 3 is 2.58 bits per heavy atom. The number of benzene rings is 1. The maximum Gasteiger partial charge on any atom is 0.332 e. The highest BCUT2D eigenvalue weighted by Crippen LogP contribution is 2.16. The third-order valence-corrected chi connectivity index (χ3v) is 6.52. The maximum absolute atomic E-state index is 14.3. The minimum atomic E-state index is -0.459. The first kappa shape index (κ1) is 27.3. The fourth-order valence-electron chi connectivity index (χ4n) is 4.45. The summed E-state index contributed by atoms with van der Waals surface area (Å²) in [6.07, 6.45) is 6.18. The molecule has 1 atom stereocenters. The van der Waals surface area contributed by atoms with E-state index in [4.69, 9.17) is 4.98 Å². The van der Waals surface area contributed by atoms with Crippen molar-refractivity contribution in [2.75, 3.05) is 13.1 Å². The Hall–Kier alpha value is -3.70. The molecule has 1 unspecified atom stereocenters. The van der Waals surface area contributed by atoms with Gasteiger partial charge in [-0.2, -0.15) is 0 Å². The van der Waals surface area contributed by atoms with Crippen molar-refractivity contribution in [3.8, 4) is 0 Å². The van der Waals surface area contributed by atoms with Crippen LogP contribution in [0.3, 0.4) is 0 Å². The van der Waals surface area contributed by atoms with Crippen molar-refractivity contribution in [2.24, 2.45) is 0 Å². The summed E-state index contributed by atoms with van der Waals surface area (Å²) >= 11 is 0. The number of aliphatic hydroxyl groups is 1. The summed E-state index contributed by atoms with van der Waals surface area (Å²) < 4.78 is 18.9. The summed E-state index contributed by atoms with van der Waals surface area (Å²) in [5.41, 5.74) is 0.895. The van der Waals surface area contributed by atoms with Crippen molar-refractivity contribution < 1.29 is 9.50 Å². The zero-order valence-corrected chi connectivity index (χ0v) is 21.8. The Labute approximate surface area is 219 Å². The van der Waals surface area contributed by atoms with E-state index in [9.17, 15) is 19.1 Å². The van der Waals surface area contributed by atoms with Gasteiger partial charge in [-0.05, 0) is 30.9 Å². The van der Waals surface area contributed by atoms with E-state index in [0.29, 0.717) is 61.5 Å². The van der Waals surface area contributed by atoms with Crippen molar-refractivity contribution in [3.63, 3.8) is 0 Å². The minimum absolute atomic E-state index is 0.169. The van der Waals surface area contributed by atoms with Crippen molar-refractivity contribution in [3.05, 3.63) is 86.6 Å². The third kappa shape index (κ3) is 6.05. The zero-order chi connectivity index (χ0) is 27.1. The molecule has 0 radical (unpaired) electrons. The molecule has 0 fully saturated rings. The first-order valence-corrected chi connectivity index (χ1v) is 13.0. The van der Waals surface area contributed by atoms with Crippen LogP contribution in [0.4, 0.5) is 4.39 Å². The lowest BCUT2D eigenvalue weighted by atomic mass is 10.1. The summed E-state index contributed by atoms with van der Waals surface area (Å²) in [7, 11) is 0. The molecule has 4 aromatic rings. The third-order valence-electron chi connectivity index (χ3n) is 6.52. The lowest BCUT2D eigenvalue weighted by Gasteiger charge is -2.14. The SMILES string of the molecule is CCCn1c(=O)c2c(nc(Cc3cnccn3)n2CCNCC(O)CC)n(CCc2ccccc2F)c1=O. The van der Waals surface area contributed by atoms with Gasteiger partial charge in [0.1, 0.15) is 11.6 Å². The number of imidazole rings is 1. The van der Waals surface area contributed by atoms with Crippen LogP contribution in [0.5, 0.6) is 0 Å². The van der Waals surface area contributed by atoms with E-state index in [-0.39, 0.29) is 31.0 Å². The number of halogens is 1. The average Bonchev–Trinajstić information content (AvgIpc) is 3.28. The summed E-state index contributed by atoms with van der Waals surface area (Å²) in [5.74, 6) is 0.233. The summed E-state index contributed by atoms with van der Waals surface area (Å²) in [6.45, 7) is 5.55. The second-order valence-electron chi connectivity index (χ2n) is 9.22. The van der Waals surface area contributed by atoms with Crippen LogP contribution in [0, 0.1) is 5.82 Å². The van der Waals surface area contributed by atoms with E-state index >= 15 is 0 Å². The Bertz CT molecular complexity index is 1480. The van der Waals surface area contributed by atoms with Crippen LogP contribution in [0.1, 0.15) is 43.8 Å². The molecule has 4 rings (SSSR count). The number of rotatable bonds is 13. The van der Waals surface area contributed by atoms with E-state index in [2.05, 4.69) is 15.3 Å². The molecule has 0 spiro atoms. The van der Waals surface area contributed by atoms with E-state index in [1.54, 1.807) is 36.8 Å². The van der Waals surface area contributed by atoms with Gasteiger partial charge in [-0.1, -0.05) is 32.0 Å². The van der Waals surface area contributed by atoms with Gasteiger partial charge >= 0.3 is 5.69 Å². The number of fused-ring (bicyclic) bond motifs is 1. The van der Waals surface area contributed by atoms with Gasteiger partial charge < -0.3 is 15.0 Å². The Morgan fingerprint density at radius 1 is 1.05 bits per heavy atom. The van der Waals surface area contributed by atoms with Gasteiger partial charge in [-0.3, -0.25) is 23.9 Å². The number of aliphatic hydroxyl groups excluding tert-OH is 1. The predicted molar refractivity (Wildman–Crippen MR) is 143 cm³/mol. The zero-order valence-electron chi connectivity index (χ0n) is 21.8. The fraction of sp³-hybridized carbons (Fsp3) is 0.444. The number of aryl methyl sites for hydroxylation is 2. The molecule has 1 aromatic carbocycles. The van der Waals surface area contributed by atoms with E-state index in [1.807, 2.05) is 18.4 Å². The molecule has 202 valence electrons. The molecule has 0 aliphatic rings. The first-order valence-electron chi connectivity index (χ1n) is 13.0. The maximum atomic E-state index is 14.3. The van der Waals surface area contributed by atoms with Crippen LogP contribution in [0.15, 0.2) is 52.4 Å². The van der Waals surface area contributed by atoms with Crippen molar-refractivity contribution >= 4 is 11.2 Å². The molecule has 38 heavy (non-hydrogen) atoms. The quantitative estimate of drug-likeness (QED) is 0.257. The summed E-state index contributed by atoms with van der Waals surface area (Å²) in [4.78, 5) is 40.4.